The Morgan fingerprint density at radius 3 is 2.50 bits per heavy atom. The summed E-state index contributed by atoms with van der Waals surface area (Å²) < 4.78 is 20.4. The largest absolute Gasteiger partial charge is 0.444 e. The molecule has 2 atom stereocenters. The molecule has 4 nitrogen and oxygen atoms in total. The van der Waals surface area contributed by atoms with Crippen molar-refractivity contribution in [3.8, 4) is 0 Å². The summed E-state index contributed by atoms with van der Waals surface area (Å²) in [6.45, 7) is 3.53. The van der Waals surface area contributed by atoms with Crippen molar-refractivity contribution in [2.45, 2.75) is 31.4 Å². The molecule has 0 spiro atoms. The number of rotatable bonds is 2. The van der Waals surface area contributed by atoms with Gasteiger partial charge in [-0.15, -0.1) is 0 Å². The van der Waals surface area contributed by atoms with E-state index in [4.69, 9.17) is 4.74 Å². The maximum Gasteiger partial charge on any atom is 0.410 e. The van der Waals surface area contributed by atoms with E-state index >= 15 is 0 Å². The van der Waals surface area contributed by atoms with Crippen molar-refractivity contribution in [1.29, 1.82) is 0 Å². The van der Waals surface area contributed by atoms with Crippen LogP contribution < -0.4 is 0 Å². The van der Waals surface area contributed by atoms with Crippen molar-refractivity contribution in [1.82, 2.24) is 9.80 Å². The predicted molar refractivity (Wildman–Crippen MR) is 105 cm³/mol. The highest BCUT2D eigenvalue weighted by atomic mass is 19.1. The van der Waals surface area contributed by atoms with Gasteiger partial charge >= 0.3 is 6.09 Å². The van der Waals surface area contributed by atoms with Crippen LogP contribution in [-0.4, -0.2) is 48.2 Å². The first-order valence-electron chi connectivity index (χ1n) is 10.2. The van der Waals surface area contributed by atoms with E-state index in [9.17, 15) is 9.18 Å². The third-order valence-electron chi connectivity index (χ3n) is 6.56. The summed E-state index contributed by atoms with van der Waals surface area (Å²) >= 11 is 0. The smallest absolute Gasteiger partial charge is 0.410 e. The van der Waals surface area contributed by atoms with Crippen molar-refractivity contribution in [3.05, 3.63) is 71.0 Å². The van der Waals surface area contributed by atoms with Gasteiger partial charge in [0.15, 0.2) is 0 Å². The zero-order valence-electron chi connectivity index (χ0n) is 15.9. The molecule has 4 heterocycles. The topological polar surface area (TPSA) is 32.8 Å². The molecule has 2 aromatic carbocycles. The lowest BCUT2D eigenvalue weighted by Crippen LogP contribution is -2.53. The highest BCUT2D eigenvalue weighted by molar-refractivity contribution is 5.70. The van der Waals surface area contributed by atoms with Gasteiger partial charge in [0.05, 0.1) is 6.04 Å². The van der Waals surface area contributed by atoms with Crippen LogP contribution in [0.15, 0.2) is 48.5 Å². The predicted octanol–water partition coefficient (Wildman–Crippen LogP) is 4.00. The average Bonchev–Trinajstić information content (AvgIpc) is 2.74. The SMILES string of the molecule is O=C(O[C@@H]1CN2CCC1CC2)N1CCc2c(F)cccc2[C@@H]1c1ccccc1. The monoisotopic (exact) mass is 380 g/mol. The van der Waals surface area contributed by atoms with Gasteiger partial charge in [0.25, 0.3) is 0 Å². The minimum absolute atomic E-state index is 0.0275. The van der Waals surface area contributed by atoms with E-state index in [0.717, 1.165) is 43.6 Å². The number of ether oxygens (including phenoxy) is 1. The summed E-state index contributed by atoms with van der Waals surface area (Å²) in [6, 6.07) is 14.7. The van der Waals surface area contributed by atoms with Gasteiger partial charge in [-0.3, -0.25) is 9.80 Å². The van der Waals surface area contributed by atoms with Gasteiger partial charge in [0, 0.05) is 13.1 Å². The molecule has 0 radical (unpaired) electrons. The molecule has 5 heteroatoms. The van der Waals surface area contributed by atoms with Gasteiger partial charge in [0.1, 0.15) is 11.9 Å². The second-order valence-electron chi connectivity index (χ2n) is 8.12. The van der Waals surface area contributed by atoms with E-state index in [1.54, 1.807) is 11.0 Å². The van der Waals surface area contributed by atoms with Gasteiger partial charge in [-0.2, -0.15) is 0 Å². The van der Waals surface area contributed by atoms with Gasteiger partial charge in [0.2, 0.25) is 0 Å². The van der Waals surface area contributed by atoms with Crippen LogP contribution in [0.5, 0.6) is 0 Å². The Hall–Kier alpha value is -2.40. The number of carbonyl (C=O) groups excluding carboxylic acids is 1. The van der Waals surface area contributed by atoms with Crippen molar-refractivity contribution in [3.63, 3.8) is 0 Å². The number of hydrogen-bond donors (Lipinski definition) is 0. The molecule has 0 N–H and O–H groups in total. The van der Waals surface area contributed by atoms with Crippen LogP contribution in [0, 0.1) is 11.7 Å². The van der Waals surface area contributed by atoms with Crippen LogP contribution in [0.4, 0.5) is 9.18 Å². The van der Waals surface area contributed by atoms with Gasteiger partial charge < -0.3 is 4.74 Å². The van der Waals surface area contributed by atoms with Crippen LogP contribution in [-0.2, 0) is 11.2 Å². The lowest BCUT2D eigenvalue weighted by molar-refractivity contribution is -0.0463. The van der Waals surface area contributed by atoms with E-state index in [2.05, 4.69) is 4.90 Å². The Bertz CT molecular complexity index is 864. The minimum atomic E-state index is -0.311. The molecule has 0 aromatic heterocycles. The molecule has 4 aliphatic heterocycles. The number of fused-ring (bicyclic) bond motifs is 4. The molecule has 0 aliphatic carbocycles. The van der Waals surface area contributed by atoms with Gasteiger partial charge in [-0.25, -0.2) is 9.18 Å². The van der Waals surface area contributed by atoms with Crippen molar-refractivity contribution in [2.24, 2.45) is 5.92 Å². The Labute approximate surface area is 164 Å². The Kier molecular flexibility index (Phi) is 4.55. The van der Waals surface area contributed by atoms with Crippen molar-refractivity contribution in [2.75, 3.05) is 26.2 Å². The molecule has 0 unspecified atom stereocenters. The number of benzene rings is 2. The quantitative estimate of drug-likeness (QED) is 0.789. The van der Waals surface area contributed by atoms with E-state index in [0.29, 0.717) is 24.4 Å². The zero-order chi connectivity index (χ0) is 19.1. The number of carbonyl (C=O) groups is 1. The first-order chi connectivity index (χ1) is 13.7. The normalized spacial score (nSPS) is 28.7. The van der Waals surface area contributed by atoms with Crippen LogP contribution >= 0.6 is 0 Å². The Morgan fingerprint density at radius 1 is 1.00 bits per heavy atom. The number of halogens is 1. The van der Waals surface area contributed by atoms with Crippen LogP contribution in [0.2, 0.25) is 0 Å². The summed E-state index contributed by atoms with van der Waals surface area (Å²) in [7, 11) is 0. The number of nitrogens with zero attached hydrogens (tertiary/aromatic N) is 2. The second-order valence-corrected chi connectivity index (χ2v) is 8.12. The molecule has 0 saturated carbocycles. The lowest BCUT2D eigenvalue weighted by Gasteiger charge is -2.45. The van der Waals surface area contributed by atoms with Crippen LogP contribution in [0.3, 0.4) is 0 Å². The maximum atomic E-state index is 14.4. The summed E-state index contributed by atoms with van der Waals surface area (Å²) in [6.07, 6.45) is 2.42. The minimum Gasteiger partial charge on any atom is -0.444 e. The molecule has 3 saturated heterocycles. The highest BCUT2D eigenvalue weighted by Gasteiger charge is 2.40. The van der Waals surface area contributed by atoms with Crippen LogP contribution in [0.1, 0.15) is 35.6 Å². The van der Waals surface area contributed by atoms with Crippen molar-refractivity contribution >= 4 is 6.09 Å². The number of hydrogen-bond acceptors (Lipinski definition) is 3. The Morgan fingerprint density at radius 2 is 1.79 bits per heavy atom. The molecule has 2 bridgehead atoms. The lowest BCUT2D eigenvalue weighted by atomic mass is 9.86. The highest BCUT2D eigenvalue weighted by Crippen LogP contribution is 2.37. The molecular weight excluding hydrogens is 355 g/mol. The van der Waals surface area contributed by atoms with E-state index in [-0.39, 0.29) is 24.1 Å². The fourth-order valence-corrected chi connectivity index (χ4v) is 5.06. The average molecular weight is 380 g/mol. The fraction of sp³-hybridized carbons (Fsp3) is 0.435. The fourth-order valence-electron chi connectivity index (χ4n) is 5.06. The maximum absolute atomic E-state index is 14.4. The molecule has 1 amide bonds. The zero-order valence-corrected chi connectivity index (χ0v) is 15.9. The molecule has 6 rings (SSSR count). The summed E-state index contributed by atoms with van der Waals surface area (Å²) in [4.78, 5) is 17.4. The summed E-state index contributed by atoms with van der Waals surface area (Å²) in [5.41, 5.74) is 2.56. The summed E-state index contributed by atoms with van der Waals surface area (Å²) in [5.74, 6) is 0.280. The molecule has 3 fully saturated rings. The van der Waals surface area contributed by atoms with Gasteiger partial charge in [-0.1, -0.05) is 42.5 Å². The molecule has 4 aliphatic rings. The number of amides is 1. The number of piperidine rings is 3. The molecule has 2 aromatic rings. The first kappa shape index (κ1) is 17.7. The second kappa shape index (κ2) is 7.21. The standard InChI is InChI=1S/C23H25FN2O2/c24-20-8-4-7-19-18(20)11-14-26(22(19)17-5-2-1-3-6-17)23(27)28-21-15-25-12-9-16(21)10-13-25/h1-8,16,21-22H,9-15H2/t21-,22+/m1/s1. The van der Waals surface area contributed by atoms with Crippen LogP contribution in [0.25, 0.3) is 0 Å². The molecule has 28 heavy (non-hydrogen) atoms. The van der Waals surface area contributed by atoms with Gasteiger partial charge in [-0.05, 0) is 61.0 Å². The molecule has 146 valence electrons. The molecular formula is C23H25FN2O2. The van der Waals surface area contributed by atoms with E-state index in [1.807, 2.05) is 36.4 Å². The third-order valence-corrected chi connectivity index (χ3v) is 6.56. The van der Waals surface area contributed by atoms with E-state index < -0.39 is 0 Å². The van der Waals surface area contributed by atoms with E-state index in [1.165, 1.54) is 6.07 Å². The van der Waals surface area contributed by atoms with Crippen molar-refractivity contribution < 1.29 is 13.9 Å². The third kappa shape index (κ3) is 3.08. The first-order valence-corrected chi connectivity index (χ1v) is 10.2. The Balaban J connectivity index is 1.45. The summed E-state index contributed by atoms with van der Waals surface area (Å²) in [5, 5.41) is 0.